The molecule has 0 aliphatic rings. The van der Waals surface area contributed by atoms with Gasteiger partial charge in [-0.25, -0.2) is 9.59 Å². The average molecular weight is 433 g/mol. The van der Waals surface area contributed by atoms with Crippen molar-refractivity contribution in [1.29, 1.82) is 0 Å². The number of benzene rings is 3. The second-order valence-corrected chi connectivity index (χ2v) is 8.39. The molecule has 3 aromatic carbocycles. The van der Waals surface area contributed by atoms with Crippen molar-refractivity contribution in [3.63, 3.8) is 0 Å². The Morgan fingerprint density at radius 1 is 0.625 bits per heavy atom. The maximum atomic E-state index is 11.3. The van der Waals surface area contributed by atoms with E-state index in [-0.39, 0.29) is 11.8 Å². The summed E-state index contributed by atoms with van der Waals surface area (Å²) in [4.78, 5) is 22.7. The molecule has 3 aromatic rings. The second-order valence-electron chi connectivity index (χ2n) is 8.39. The molecular formula is C28H32O4. The average Bonchev–Trinajstić information content (AvgIpc) is 2.79. The summed E-state index contributed by atoms with van der Waals surface area (Å²) in [7, 11) is 0. The van der Waals surface area contributed by atoms with Gasteiger partial charge in [-0.15, -0.1) is 0 Å². The summed E-state index contributed by atoms with van der Waals surface area (Å²) >= 11 is 0. The number of aromatic carboxylic acids is 2. The van der Waals surface area contributed by atoms with Crippen molar-refractivity contribution in [2.75, 3.05) is 0 Å². The van der Waals surface area contributed by atoms with E-state index in [0.29, 0.717) is 23.5 Å². The summed E-state index contributed by atoms with van der Waals surface area (Å²) < 4.78 is 0. The van der Waals surface area contributed by atoms with Crippen molar-refractivity contribution >= 4 is 11.9 Å². The van der Waals surface area contributed by atoms with Crippen molar-refractivity contribution in [2.24, 2.45) is 0 Å². The monoisotopic (exact) mass is 432 g/mol. The highest BCUT2D eigenvalue weighted by Gasteiger charge is 2.20. The summed E-state index contributed by atoms with van der Waals surface area (Å²) in [5, 5.41) is 18.6. The summed E-state index contributed by atoms with van der Waals surface area (Å²) in [5.41, 5.74) is 3.58. The zero-order valence-electron chi connectivity index (χ0n) is 19.2. The molecule has 0 bridgehead atoms. The van der Waals surface area contributed by atoms with Crippen LogP contribution in [0.2, 0.25) is 0 Å². The van der Waals surface area contributed by atoms with Crippen molar-refractivity contribution in [2.45, 2.75) is 51.9 Å². The molecule has 0 saturated heterocycles. The van der Waals surface area contributed by atoms with Crippen molar-refractivity contribution in [3.8, 4) is 0 Å². The molecule has 0 aliphatic carbocycles. The van der Waals surface area contributed by atoms with E-state index in [4.69, 9.17) is 0 Å². The van der Waals surface area contributed by atoms with E-state index in [1.807, 2.05) is 44.2 Å². The SMILES string of the molecule is CC(C)c1ccccc1.CC(CC(C)c1ccccc1C(=O)O)c1ccccc1C(=O)O. The fourth-order valence-corrected chi connectivity index (χ4v) is 3.87. The van der Waals surface area contributed by atoms with Gasteiger partial charge in [0.1, 0.15) is 0 Å². The standard InChI is InChI=1S/C19H20O4.C9H12/c1-12(14-7-3-5-9-16(14)18(20)21)11-13(2)15-8-4-6-10-17(15)19(22)23;1-8(2)9-6-4-3-5-7-9/h3-10,12-13H,11H2,1-2H3,(H,20,21)(H,22,23);3-8H,1-2H3. The van der Waals surface area contributed by atoms with Crippen molar-refractivity contribution in [1.82, 2.24) is 0 Å². The third-order valence-electron chi connectivity index (χ3n) is 5.62. The lowest BCUT2D eigenvalue weighted by Gasteiger charge is -2.20. The number of hydrogen-bond acceptors (Lipinski definition) is 2. The van der Waals surface area contributed by atoms with Gasteiger partial charge in [-0.2, -0.15) is 0 Å². The van der Waals surface area contributed by atoms with Gasteiger partial charge < -0.3 is 10.2 Å². The Balaban J connectivity index is 0.000000336. The highest BCUT2D eigenvalue weighted by Crippen LogP contribution is 2.32. The molecule has 168 valence electrons. The summed E-state index contributed by atoms with van der Waals surface area (Å²) in [5.74, 6) is -1.19. The molecule has 0 spiro atoms. The zero-order valence-corrected chi connectivity index (χ0v) is 19.2. The molecular weight excluding hydrogens is 400 g/mol. The molecule has 32 heavy (non-hydrogen) atoms. The van der Waals surface area contributed by atoms with Gasteiger partial charge in [0.05, 0.1) is 11.1 Å². The molecule has 0 radical (unpaired) electrons. The van der Waals surface area contributed by atoms with Gasteiger partial charge in [0.25, 0.3) is 0 Å². The minimum absolute atomic E-state index is 0.0131. The maximum absolute atomic E-state index is 11.3. The van der Waals surface area contributed by atoms with Gasteiger partial charge in [-0.1, -0.05) is 94.4 Å². The smallest absolute Gasteiger partial charge is 0.335 e. The summed E-state index contributed by atoms with van der Waals surface area (Å²) in [6, 6.07) is 24.4. The van der Waals surface area contributed by atoms with Crippen LogP contribution >= 0.6 is 0 Å². The van der Waals surface area contributed by atoms with Gasteiger partial charge in [0.15, 0.2) is 0 Å². The molecule has 2 N–H and O–H groups in total. The Bertz CT molecular complexity index is 963. The lowest BCUT2D eigenvalue weighted by Crippen LogP contribution is -2.10. The minimum Gasteiger partial charge on any atom is -0.478 e. The summed E-state index contributed by atoms with van der Waals surface area (Å²) in [6.45, 7) is 8.36. The topological polar surface area (TPSA) is 74.6 Å². The van der Waals surface area contributed by atoms with E-state index < -0.39 is 11.9 Å². The third kappa shape index (κ3) is 6.81. The molecule has 4 heteroatoms. The lowest BCUT2D eigenvalue weighted by molar-refractivity contribution is 0.0685. The van der Waals surface area contributed by atoms with E-state index in [1.165, 1.54) is 5.56 Å². The Hall–Kier alpha value is -3.40. The second kappa shape index (κ2) is 11.8. The number of carboxylic acid groups (broad SMARTS) is 2. The molecule has 2 unspecified atom stereocenters. The maximum Gasteiger partial charge on any atom is 0.335 e. The Morgan fingerprint density at radius 2 is 1.00 bits per heavy atom. The van der Waals surface area contributed by atoms with Crippen LogP contribution in [-0.2, 0) is 0 Å². The number of carbonyl (C=O) groups is 2. The van der Waals surface area contributed by atoms with Crippen LogP contribution in [0.4, 0.5) is 0 Å². The number of rotatable bonds is 7. The predicted octanol–water partition coefficient (Wildman–Crippen LogP) is 7.19. The first-order chi connectivity index (χ1) is 15.2. The van der Waals surface area contributed by atoms with Crippen molar-refractivity contribution < 1.29 is 19.8 Å². The van der Waals surface area contributed by atoms with Crippen LogP contribution in [0.3, 0.4) is 0 Å². The first-order valence-electron chi connectivity index (χ1n) is 10.9. The van der Waals surface area contributed by atoms with Gasteiger partial charge >= 0.3 is 11.9 Å². The predicted molar refractivity (Wildman–Crippen MR) is 129 cm³/mol. The van der Waals surface area contributed by atoms with Crippen LogP contribution < -0.4 is 0 Å². The molecule has 2 atom stereocenters. The Kier molecular flexibility index (Phi) is 9.21. The van der Waals surface area contributed by atoms with Crippen LogP contribution in [0.1, 0.15) is 89.3 Å². The van der Waals surface area contributed by atoms with E-state index in [9.17, 15) is 19.8 Å². The quantitative estimate of drug-likeness (QED) is 0.414. The van der Waals surface area contributed by atoms with E-state index in [1.54, 1.807) is 24.3 Å². The first-order valence-corrected chi connectivity index (χ1v) is 10.9. The van der Waals surface area contributed by atoms with Crippen LogP contribution in [0.15, 0.2) is 78.9 Å². The number of carboxylic acids is 2. The minimum atomic E-state index is -0.939. The molecule has 3 rings (SSSR count). The van der Waals surface area contributed by atoms with Crippen LogP contribution in [0.25, 0.3) is 0 Å². The normalized spacial score (nSPS) is 12.4. The Morgan fingerprint density at radius 3 is 1.34 bits per heavy atom. The van der Waals surface area contributed by atoms with E-state index in [2.05, 4.69) is 38.1 Å². The highest BCUT2D eigenvalue weighted by molar-refractivity contribution is 5.90. The molecule has 0 aliphatic heterocycles. The molecule has 0 saturated carbocycles. The van der Waals surface area contributed by atoms with E-state index >= 15 is 0 Å². The molecule has 0 aromatic heterocycles. The fraction of sp³-hybridized carbons (Fsp3) is 0.286. The van der Waals surface area contributed by atoms with Gasteiger partial charge in [-0.05, 0) is 53.0 Å². The highest BCUT2D eigenvalue weighted by atomic mass is 16.4. The third-order valence-corrected chi connectivity index (χ3v) is 5.62. The molecule has 4 nitrogen and oxygen atoms in total. The van der Waals surface area contributed by atoms with Gasteiger partial charge in [0.2, 0.25) is 0 Å². The van der Waals surface area contributed by atoms with Crippen LogP contribution in [0.5, 0.6) is 0 Å². The largest absolute Gasteiger partial charge is 0.478 e. The fourth-order valence-electron chi connectivity index (χ4n) is 3.87. The van der Waals surface area contributed by atoms with Gasteiger partial charge in [0, 0.05) is 0 Å². The zero-order chi connectivity index (χ0) is 23.7. The van der Waals surface area contributed by atoms with Crippen molar-refractivity contribution in [3.05, 3.63) is 107 Å². The van der Waals surface area contributed by atoms with E-state index in [0.717, 1.165) is 11.1 Å². The first kappa shape index (κ1) is 24.9. The lowest BCUT2D eigenvalue weighted by atomic mass is 9.84. The van der Waals surface area contributed by atoms with Crippen LogP contribution in [0, 0.1) is 0 Å². The molecule has 0 fully saturated rings. The molecule has 0 amide bonds. The van der Waals surface area contributed by atoms with Crippen LogP contribution in [-0.4, -0.2) is 22.2 Å². The summed E-state index contributed by atoms with van der Waals surface area (Å²) in [6.07, 6.45) is 0.675. The van der Waals surface area contributed by atoms with Gasteiger partial charge in [-0.3, -0.25) is 0 Å². The Labute approximate surface area is 190 Å². The number of hydrogen-bond donors (Lipinski definition) is 2. The molecule has 0 heterocycles.